The van der Waals surface area contributed by atoms with E-state index in [9.17, 15) is 0 Å². The molecule has 0 radical (unpaired) electrons. The number of methoxy groups -OCH3 is 1. The number of nitrogens with zero attached hydrogens (tertiary/aromatic N) is 2. The summed E-state index contributed by atoms with van der Waals surface area (Å²) in [4.78, 5) is 10.1. The molecule has 1 rings (SSSR count). The number of rotatable bonds is 15. The van der Waals surface area contributed by atoms with Gasteiger partial charge in [-0.1, -0.05) is 89.1 Å². The number of hydrogen-bond donors (Lipinski definition) is 1. The Morgan fingerprint density at radius 3 is 2.32 bits per heavy atom. The summed E-state index contributed by atoms with van der Waals surface area (Å²) in [6.45, 7) is 15.6. The number of aliphatic imine (C=N–C) groups is 2. The lowest BCUT2D eigenvalue weighted by atomic mass is 10.1. The summed E-state index contributed by atoms with van der Waals surface area (Å²) in [7, 11) is 1.71. The molecule has 0 bridgehead atoms. The van der Waals surface area contributed by atoms with Crippen molar-refractivity contribution in [3.63, 3.8) is 0 Å². The summed E-state index contributed by atoms with van der Waals surface area (Å²) in [6.07, 6.45) is 17.8. The number of unbranched alkanes of at least 4 members (excludes halogenated alkanes) is 2. The molecule has 0 aliphatic rings. The molecular formula is C33H49N3O. The molecule has 0 fully saturated rings. The maximum Gasteiger partial charge on any atom is 0.152 e. The number of nitrogens with one attached hydrogen (secondary N) is 1. The fraction of sp³-hybridized carbons (Fsp3) is 0.455. The minimum Gasteiger partial charge on any atom is -0.497 e. The van der Waals surface area contributed by atoms with Crippen LogP contribution in [0, 0.1) is 5.92 Å². The molecule has 0 amide bonds. The van der Waals surface area contributed by atoms with E-state index in [1.165, 1.54) is 5.56 Å². The molecular weight excluding hydrogens is 454 g/mol. The Bertz CT molecular complexity index is 1000. The third-order valence-electron chi connectivity index (χ3n) is 5.84. The van der Waals surface area contributed by atoms with Gasteiger partial charge in [-0.3, -0.25) is 4.99 Å². The van der Waals surface area contributed by atoms with Gasteiger partial charge in [0.2, 0.25) is 0 Å². The summed E-state index contributed by atoms with van der Waals surface area (Å²) in [5.41, 5.74) is 5.13. The molecule has 1 N–H and O–H groups in total. The van der Waals surface area contributed by atoms with Crippen LogP contribution in [0.3, 0.4) is 0 Å². The highest BCUT2D eigenvalue weighted by Crippen LogP contribution is 2.20. The van der Waals surface area contributed by atoms with Crippen molar-refractivity contribution in [3.05, 3.63) is 94.6 Å². The average Bonchev–Trinajstić information content (AvgIpc) is 2.91. The lowest BCUT2D eigenvalue weighted by Gasteiger charge is -2.15. The topological polar surface area (TPSA) is 46.0 Å². The number of benzene rings is 1. The van der Waals surface area contributed by atoms with Crippen LogP contribution in [0.4, 0.5) is 0 Å². The Morgan fingerprint density at radius 1 is 1.05 bits per heavy atom. The minimum absolute atomic E-state index is 0.396. The van der Waals surface area contributed by atoms with Crippen LogP contribution in [-0.2, 0) is 11.3 Å². The highest BCUT2D eigenvalue weighted by molar-refractivity contribution is 6.00. The molecule has 0 saturated heterocycles. The molecule has 4 nitrogen and oxygen atoms in total. The number of amidine groups is 1. The fourth-order valence-corrected chi connectivity index (χ4v) is 3.32. The van der Waals surface area contributed by atoms with Gasteiger partial charge in [0.25, 0.3) is 0 Å². The molecule has 37 heavy (non-hydrogen) atoms. The van der Waals surface area contributed by atoms with Crippen LogP contribution >= 0.6 is 0 Å². The molecule has 1 aromatic carbocycles. The van der Waals surface area contributed by atoms with E-state index >= 15 is 0 Å². The van der Waals surface area contributed by atoms with E-state index in [1.807, 2.05) is 25.3 Å². The van der Waals surface area contributed by atoms with Gasteiger partial charge in [0, 0.05) is 12.8 Å². The van der Waals surface area contributed by atoms with E-state index < -0.39 is 0 Å². The molecule has 0 spiro atoms. The van der Waals surface area contributed by atoms with Crippen molar-refractivity contribution < 1.29 is 4.74 Å². The van der Waals surface area contributed by atoms with Crippen molar-refractivity contribution in [3.8, 4) is 0 Å². The van der Waals surface area contributed by atoms with Crippen molar-refractivity contribution in [2.75, 3.05) is 7.11 Å². The van der Waals surface area contributed by atoms with E-state index in [0.29, 0.717) is 12.5 Å². The van der Waals surface area contributed by atoms with E-state index in [1.54, 1.807) is 7.11 Å². The molecule has 0 saturated carbocycles. The quantitative estimate of drug-likeness (QED) is 0.112. The van der Waals surface area contributed by atoms with Gasteiger partial charge in [-0.25, -0.2) is 4.99 Å². The fourth-order valence-electron chi connectivity index (χ4n) is 3.32. The first kappa shape index (κ1) is 31.9. The van der Waals surface area contributed by atoms with Crippen molar-refractivity contribution in [2.24, 2.45) is 15.9 Å². The molecule has 0 aliphatic heterocycles. The first-order chi connectivity index (χ1) is 17.9. The second kappa shape index (κ2) is 19.0. The van der Waals surface area contributed by atoms with Crippen molar-refractivity contribution in [1.29, 1.82) is 0 Å². The van der Waals surface area contributed by atoms with Gasteiger partial charge in [-0.2, -0.15) is 0 Å². The monoisotopic (exact) mass is 503 g/mol. The number of hydrogen-bond acceptors (Lipinski definition) is 3. The molecule has 1 aromatic rings. The Labute approximate surface area is 226 Å². The summed E-state index contributed by atoms with van der Waals surface area (Å²) in [5, 5.41) is 3.60. The standard InChI is InChI=1S/C33H49N3O/c1-9-13-16-21-30(37-8)23-29(12-4)31(22-14-10-2)36-33(35-25-28-19-17-15-18-20-28)32(26(5)6)34-24-27(7)11-3/h12,15-24,27H,9-11,13-14,25H2,1-8H3,(H,35,36)/b21-16+,29-12+,30-23+,31-22+,34-24-. The van der Waals surface area contributed by atoms with Crippen LogP contribution in [0.2, 0.25) is 0 Å². The third kappa shape index (κ3) is 12.6. The lowest BCUT2D eigenvalue weighted by molar-refractivity contribution is 0.306. The Hall–Kier alpha value is -3.14. The zero-order valence-corrected chi connectivity index (χ0v) is 24.5. The Kier molecular flexibility index (Phi) is 16.4. The van der Waals surface area contributed by atoms with E-state index in [4.69, 9.17) is 14.7 Å². The number of allylic oxidation sites excluding steroid dienone is 6. The average molecular weight is 504 g/mol. The summed E-state index contributed by atoms with van der Waals surface area (Å²) in [6, 6.07) is 10.4. The van der Waals surface area contributed by atoms with E-state index in [0.717, 1.165) is 66.2 Å². The Balaban J connectivity index is 3.61. The predicted molar refractivity (Wildman–Crippen MR) is 163 cm³/mol. The van der Waals surface area contributed by atoms with Crippen molar-refractivity contribution in [2.45, 2.75) is 87.1 Å². The second-order valence-corrected chi connectivity index (χ2v) is 9.38. The smallest absolute Gasteiger partial charge is 0.152 e. The van der Waals surface area contributed by atoms with Crippen LogP contribution in [0.15, 0.2) is 99.0 Å². The van der Waals surface area contributed by atoms with Gasteiger partial charge < -0.3 is 10.1 Å². The van der Waals surface area contributed by atoms with Crippen molar-refractivity contribution >= 4 is 12.1 Å². The molecule has 4 heteroatoms. The first-order valence-electron chi connectivity index (χ1n) is 13.8. The van der Waals surface area contributed by atoms with E-state index in [-0.39, 0.29) is 0 Å². The summed E-state index contributed by atoms with van der Waals surface area (Å²) >= 11 is 0. The molecule has 0 aliphatic carbocycles. The largest absolute Gasteiger partial charge is 0.497 e. The molecule has 0 aromatic heterocycles. The van der Waals surface area contributed by atoms with Crippen LogP contribution in [0.25, 0.3) is 0 Å². The third-order valence-corrected chi connectivity index (χ3v) is 5.84. The maximum atomic E-state index is 5.67. The Morgan fingerprint density at radius 2 is 1.76 bits per heavy atom. The van der Waals surface area contributed by atoms with Crippen LogP contribution in [0.5, 0.6) is 0 Å². The molecule has 1 unspecified atom stereocenters. The SMILES string of the molecule is C/C=C(\C=C(/C=C/CCC)OC)C(=C\CCC)/N=C(/NCc1ccccc1)C(/N=C\C(C)CC)=C(C)C. The van der Waals surface area contributed by atoms with Gasteiger partial charge in [-0.05, 0) is 74.8 Å². The van der Waals surface area contributed by atoms with Gasteiger partial charge in [0.1, 0.15) is 11.5 Å². The van der Waals surface area contributed by atoms with Crippen molar-refractivity contribution in [1.82, 2.24) is 5.32 Å². The van der Waals surface area contributed by atoms with Crippen LogP contribution < -0.4 is 5.32 Å². The van der Waals surface area contributed by atoms with Crippen LogP contribution in [-0.4, -0.2) is 19.2 Å². The predicted octanol–water partition coefficient (Wildman–Crippen LogP) is 9.10. The first-order valence-corrected chi connectivity index (χ1v) is 13.8. The van der Waals surface area contributed by atoms with Gasteiger partial charge in [0.05, 0.1) is 12.8 Å². The highest BCUT2D eigenvalue weighted by Gasteiger charge is 2.12. The highest BCUT2D eigenvalue weighted by atomic mass is 16.5. The normalized spacial score (nSPS) is 14.4. The maximum absolute atomic E-state index is 5.67. The summed E-state index contributed by atoms with van der Waals surface area (Å²) in [5.74, 6) is 1.99. The number of ether oxygens (including phenoxy) is 1. The zero-order valence-electron chi connectivity index (χ0n) is 24.5. The van der Waals surface area contributed by atoms with E-state index in [2.05, 4.69) is 95.4 Å². The van der Waals surface area contributed by atoms with Gasteiger partial charge in [-0.15, -0.1) is 0 Å². The molecule has 202 valence electrons. The second-order valence-electron chi connectivity index (χ2n) is 9.38. The van der Waals surface area contributed by atoms with Crippen LogP contribution in [0.1, 0.15) is 86.1 Å². The zero-order chi connectivity index (χ0) is 27.5. The molecule has 0 heterocycles. The van der Waals surface area contributed by atoms with Gasteiger partial charge >= 0.3 is 0 Å². The molecule has 1 atom stereocenters. The lowest BCUT2D eigenvalue weighted by Crippen LogP contribution is -2.25. The summed E-state index contributed by atoms with van der Waals surface area (Å²) < 4.78 is 5.67. The minimum atomic E-state index is 0.396. The van der Waals surface area contributed by atoms with Gasteiger partial charge in [0.15, 0.2) is 5.84 Å².